The zero-order valence-electron chi connectivity index (χ0n) is 12.5. The summed E-state index contributed by atoms with van der Waals surface area (Å²) < 4.78 is 5.41. The van der Waals surface area contributed by atoms with Gasteiger partial charge in [0, 0.05) is 24.8 Å². The summed E-state index contributed by atoms with van der Waals surface area (Å²) in [6.45, 7) is 8.52. The van der Waals surface area contributed by atoms with Crippen molar-refractivity contribution < 1.29 is 14.6 Å². The first-order valence-electron chi connectivity index (χ1n) is 6.93. The van der Waals surface area contributed by atoms with Gasteiger partial charge in [-0.2, -0.15) is 0 Å². The van der Waals surface area contributed by atoms with Crippen LogP contribution in [0.2, 0.25) is 0 Å². The maximum Gasteiger partial charge on any atom is 0.303 e. The highest BCUT2D eigenvalue weighted by atomic mass is 32.1. The Bertz CT molecular complexity index is 420. The molecule has 1 aromatic heterocycles. The first-order valence-corrected chi connectivity index (χ1v) is 7.81. The van der Waals surface area contributed by atoms with Crippen molar-refractivity contribution in [2.45, 2.75) is 52.9 Å². The molecule has 6 heteroatoms. The molecule has 0 radical (unpaired) electrons. The van der Waals surface area contributed by atoms with E-state index >= 15 is 0 Å². The number of nitrogens with zero attached hydrogens (tertiary/aromatic N) is 1. The number of ether oxygens (including phenoxy) is 1. The second-order valence-electron chi connectivity index (χ2n) is 5.08. The van der Waals surface area contributed by atoms with E-state index in [1.807, 2.05) is 0 Å². The second kappa shape index (κ2) is 8.34. The Morgan fingerprint density at radius 3 is 2.70 bits per heavy atom. The molecule has 20 heavy (non-hydrogen) atoms. The summed E-state index contributed by atoms with van der Waals surface area (Å²) in [5.41, 5.74) is 0.617. The van der Waals surface area contributed by atoms with Crippen LogP contribution >= 0.6 is 11.3 Å². The van der Waals surface area contributed by atoms with Gasteiger partial charge in [0.1, 0.15) is 5.01 Å². The lowest BCUT2D eigenvalue weighted by Crippen LogP contribution is -2.35. The summed E-state index contributed by atoms with van der Waals surface area (Å²) in [4.78, 5) is 15.6. The molecule has 5 nitrogen and oxygen atoms in total. The third-order valence-electron chi connectivity index (χ3n) is 3.05. The van der Waals surface area contributed by atoms with Gasteiger partial charge < -0.3 is 15.2 Å². The number of carbonyl (C=O) groups is 1. The second-order valence-corrected chi connectivity index (χ2v) is 5.97. The van der Waals surface area contributed by atoms with Gasteiger partial charge in [-0.1, -0.05) is 20.8 Å². The maximum absolute atomic E-state index is 11.3. The van der Waals surface area contributed by atoms with Gasteiger partial charge in [0.25, 0.3) is 0 Å². The number of aromatic nitrogens is 1. The van der Waals surface area contributed by atoms with E-state index in [4.69, 9.17) is 9.84 Å². The Morgan fingerprint density at radius 1 is 1.55 bits per heavy atom. The lowest BCUT2D eigenvalue weighted by atomic mass is 9.98. The van der Waals surface area contributed by atoms with E-state index in [1.54, 1.807) is 5.38 Å². The fourth-order valence-corrected chi connectivity index (χ4v) is 2.88. The summed E-state index contributed by atoms with van der Waals surface area (Å²) in [6.07, 6.45) is 0.327. The zero-order valence-corrected chi connectivity index (χ0v) is 13.4. The Hall–Kier alpha value is -0.980. The molecule has 114 valence electrons. The molecule has 0 saturated heterocycles. The molecular formula is C14H24N2O3S. The Kier molecular flexibility index (Phi) is 7.12. The lowest BCUT2D eigenvalue weighted by molar-refractivity contribution is -0.147. The van der Waals surface area contributed by atoms with Crippen molar-refractivity contribution >= 4 is 17.3 Å². The molecule has 0 aliphatic carbocycles. The van der Waals surface area contributed by atoms with Crippen LogP contribution in [-0.4, -0.2) is 28.6 Å². The van der Waals surface area contributed by atoms with Crippen molar-refractivity contribution in [1.82, 2.24) is 10.3 Å². The molecule has 0 aliphatic rings. The van der Waals surface area contributed by atoms with E-state index < -0.39 is 0 Å². The Morgan fingerprint density at radius 2 is 2.25 bits per heavy atom. The molecule has 2 N–H and O–H groups in total. The van der Waals surface area contributed by atoms with Gasteiger partial charge >= 0.3 is 5.97 Å². The van der Waals surface area contributed by atoms with Gasteiger partial charge in [-0.05, 0) is 12.5 Å². The predicted molar refractivity (Wildman–Crippen MR) is 79.5 cm³/mol. The third kappa shape index (κ3) is 5.19. The van der Waals surface area contributed by atoms with Crippen molar-refractivity contribution in [3.63, 3.8) is 0 Å². The number of hydrogen-bond acceptors (Lipinski definition) is 6. The standard InChI is InChI=1S/C14H24N2O3S/c1-5-15-12(9(2)3)6-13(19-10(4)18)14-16-11(7-17)8-20-14/h8-9,12-13,15,17H,5-7H2,1-4H3. The molecule has 0 aliphatic heterocycles. The number of hydrogen-bond donors (Lipinski definition) is 2. The van der Waals surface area contributed by atoms with Gasteiger partial charge in [-0.3, -0.25) is 4.79 Å². The van der Waals surface area contributed by atoms with Gasteiger partial charge in [-0.15, -0.1) is 11.3 Å². The number of aliphatic hydroxyl groups is 1. The van der Waals surface area contributed by atoms with E-state index in [0.29, 0.717) is 18.0 Å². The largest absolute Gasteiger partial charge is 0.455 e. The monoisotopic (exact) mass is 300 g/mol. The number of esters is 1. The number of nitrogens with one attached hydrogen (secondary N) is 1. The van der Waals surface area contributed by atoms with Crippen molar-refractivity contribution in [2.75, 3.05) is 6.54 Å². The SMILES string of the molecule is CCNC(CC(OC(C)=O)c1nc(CO)cs1)C(C)C. The zero-order chi connectivity index (χ0) is 15.1. The van der Waals surface area contributed by atoms with E-state index in [1.165, 1.54) is 18.3 Å². The summed E-state index contributed by atoms with van der Waals surface area (Å²) >= 11 is 1.42. The molecule has 1 rings (SSSR count). The highest BCUT2D eigenvalue weighted by Crippen LogP contribution is 2.28. The molecule has 2 atom stereocenters. The van der Waals surface area contributed by atoms with Gasteiger partial charge in [0.15, 0.2) is 6.10 Å². The summed E-state index contributed by atoms with van der Waals surface area (Å²) in [7, 11) is 0. The quantitative estimate of drug-likeness (QED) is 0.721. The Balaban J connectivity index is 2.84. The maximum atomic E-state index is 11.3. The molecule has 0 fully saturated rings. The summed E-state index contributed by atoms with van der Waals surface area (Å²) in [6, 6.07) is 0.255. The minimum absolute atomic E-state index is 0.0931. The molecule has 0 bridgehead atoms. The number of rotatable bonds is 8. The predicted octanol–water partition coefficient (Wildman–Crippen LogP) is 2.26. The average molecular weight is 300 g/mol. The fourth-order valence-electron chi connectivity index (χ4n) is 2.03. The first-order chi connectivity index (χ1) is 9.47. The van der Waals surface area contributed by atoms with Gasteiger partial charge in [0.05, 0.1) is 12.3 Å². The highest BCUT2D eigenvalue weighted by molar-refractivity contribution is 7.09. The van der Waals surface area contributed by atoms with Crippen molar-refractivity contribution in [1.29, 1.82) is 0 Å². The molecule has 0 amide bonds. The molecule has 0 saturated carbocycles. The highest BCUT2D eigenvalue weighted by Gasteiger charge is 2.24. The fraction of sp³-hybridized carbons (Fsp3) is 0.714. The Labute approximate surface area is 124 Å². The molecule has 0 spiro atoms. The van der Waals surface area contributed by atoms with Gasteiger partial charge in [-0.25, -0.2) is 4.98 Å². The summed E-state index contributed by atoms with van der Waals surface area (Å²) in [5, 5.41) is 15.0. The lowest BCUT2D eigenvalue weighted by Gasteiger charge is -2.25. The van der Waals surface area contributed by atoms with Gasteiger partial charge in [0.2, 0.25) is 0 Å². The molecule has 1 aromatic rings. The van der Waals surface area contributed by atoms with E-state index in [2.05, 4.69) is 31.1 Å². The van der Waals surface area contributed by atoms with Crippen LogP contribution in [0.15, 0.2) is 5.38 Å². The van der Waals surface area contributed by atoms with E-state index in [-0.39, 0.29) is 24.7 Å². The van der Waals surface area contributed by atoms with E-state index in [0.717, 1.165) is 11.6 Å². The van der Waals surface area contributed by atoms with Crippen LogP contribution in [0.4, 0.5) is 0 Å². The topological polar surface area (TPSA) is 71.5 Å². The third-order valence-corrected chi connectivity index (χ3v) is 4.04. The van der Waals surface area contributed by atoms with Crippen LogP contribution < -0.4 is 5.32 Å². The number of thiazole rings is 1. The van der Waals surface area contributed by atoms with Crippen LogP contribution in [0.3, 0.4) is 0 Å². The summed E-state index contributed by atoms with van der Waals surface area (Å²) in [5.74, 6) is 0.125. The van der Waals surface area contributed by atoms with Crippen LogP contribution in [-0.2, 0) is 16.1 Å². The van der Waals surface area contributed by atoms with Crippen LogP contribution in [0, 0.1) is 5.92 Å². The van der Waals surface area contributed by atoms with Crippen LogP contribution in [0.25, 0.3) is 0 Å². The average Bonchev–Trinajstić information content (AvgIpc) is 2.85. The van der Waals surface area contributed by atoms with E-state index in [9.17, 15) is 4.79 Å². The minimum Gasteiger partial charge on any atom is -0.455 e. The van der Waals surface area contributed by atoms with Crippen molar-refractivity contribution in [3.8, 4) is 0 Å². The first kappa shape index (κ1) is 17.1. The normalized spacial score (nSPS) is 14.3. The molecule has 2 unspecified atom stereocenters. The van der Waals surface area contributed by atoms with Crippen molar-refractivity contribution in [3.05, 3.63) is 16.1 Å². The minimum atomic E-state index is -0.357. The molecule has 1 heterocycles. The number of carbonyl (C=O) groups excluding carboxylic acids is 1. The molecule has 0 aromatic carbocycles. The van der Waals surface area contributed by atoms with Crippen LogP contribution in [0.1, 0.15) is 50.9 Å². The van der Waals surface area contributed by atoms with Crippen molar-refractivity contribution in [2.24, 2.45) is 5.92 Å². The smallest absolute Gasteiger partial charge is 0.303 e. The molecular weight excluding hydrogens is 276 g/mol. The number of aliphatic hydroxyl groups excluding tert-OH is 1. The van der Waals surface area contributed by atoms with Crippen LogP contribution in [0.5, 0.6) is 0 Å².